The quantitative estimate of drug-likeness (QED) is 0.776. The molecular formula is C18H20ClFN2O3S. The maximum atomic E-state index is 13.3. The number of hydrogen-bond donors (Lipinski definition) is 1. The van der Waals surface area contributed by atoms with E-state index in [2.05, 4.69) is 5.32 Å². The van der Waals surface area contributed by atoms with Crippen molar-refractivity contribution < 1.29 is 17.6 Å². The number of sulfonamides is 1. The fourth-order valence-corrected chi connectivity index (χ4v) is 3.54. The second-order valence-corrected chi connectivity index (χ2v) is 8.12. The van der Waals surface area contributed by atoms with Crippen LogP contribution in [0.2, 0.25) is 5.02 Å². The fraction of sp³-hybridized carbons (Fsp3) is 0.278. The highest BCUT2D eigenvalue weighted by molar-refractivity contribution is 7.92. The third-order valence-corrected chi connectivity index (χ3v) is 5.25. The summed E-state index contributed by atoms with van der Waals surface area (Å²) in [5, 5.41) is 2.61. The van der Waals surface area contributed by atoms with E-state index >= 15 is 0 Å². The summed E-state index contributed by atoms with van der Waals surface area (Å²) in [7, 11) is -3.76. The number of nitrogens with zero attached hydrogens (tertiary/aromatic N) is 1. The lowest BCUT2D eigenvalue weighted by atomic mass is 10.0. The van der Waals surface area contributed by atoms with Gasteiger partial charge >= 0.3 is 0 Å². The minimum atomic E-state index is -3.76. The van der Waals surface area contributed by atoms with Crippen molar-refractivity contribution in [3.8, 4) is 0 Å². The van der Waals surface area contributed by atoms with Crippen molar-refractivity contribution in [1.82, 2.24) is 5.32 Å². The van der Waals surface area contributed by atoms with Gasteiger partial charge < -0.3 is 5.32 Å². The molecule has 0 aliphatic rings. The van der Waals surface area contributed by atoms with Crippen molar-refractivity contribution in [2.45, 2.75) is 19.4 Å². The molecule has 5 nitrogen and oxygen atoms in total. The van der Waals surface area contributed by atoms with E-state index in [9.17, 15) is 17.6 Å². The van der Waals surface area contributed by atoms with E-state index in [-0.39, 0.29) is 16.8 Å². The molecule has 1 atom stereocenters. The minimum Gasteiger partial charge on any atom is -0.348 e. The van der Waals surface area contributed by atoms with Crippen molar-refractivity contribution in [1.29, 1.82) is 0 Å². The van der Waals surface area contributed by atoms with Gasteiger partial charge in [0.25, 0.3) is 0 Å². The van der Waals surface area contributed by atoms with Gasteiger partial charge in [0.15, 0.2) is 0 Å². The van der Waals surface area contributed by atoms with E-state index < -0.39 is 28.3 Å². The van der Waals surface area contributed by atoms with Crippen LogP contribution in [0.1, 0.15) is 24.9 Å². The molecule has 0 heterocycles. The summed E-state index contributed by atoms with van der Waals surface area (Å²) in [4.78, 5) is 12.4. The van der Waals surface area contributed by atoms with Crippen molar-refractivity contribution in [3.63, 3.8) is 0 Å². The number of halogens is 2. The molecule has 0 aliphatic heterocycles. The van der Waals surface area contributed by atoms with Crippen LogP contribution in [0.25, 0.3) is 0 Å². The van der Waals surface area contributed by atoms with E-state index in [4.69, 9.17) is 11.6 Å². The van der Waals surface area contributed by atoms with Crippen LogP contribution in [0.4, 0.5) is 10.1 Å². The Labute approximate surface area is 157 Å². The number of carbonyl (C=O) groups excluding carboxylic acids is 1. The summed E-state index contributed by atoms with van der Waals surface area (Å²) in [6.45, 7) is 1.50. The van der Waals surface area contributed by atoms with Gasteiger partial charge in [-0.3, -0.25) is 9.10 Å². The predicted molar refractivity (Wildman–Crippen MR) is 101 cm³/mol. The molecule has 26 heavy (non-hydrogen) atoms. The summed E-state index contributed by atoms with van der Waals surface area (Å²) in [6.07, 6.45) is 1.63. The molecule has 0 saturated heterocycles. The lowest BCUT2D eigenvalue weighted by Crippen LogP contribution is -2.41. The Bertz CT molecular complexity index is 875. The number of anilines is 1. The van der Waals surface area contributed by atoms with Gasteiger partial charge in [0.05, 0.1) is 23.0 Å². The van der Waals surface area contributed by atoms with Crippen LogP contribution >= 0.6 is 11.6 Å². The molecule has 0 aromatic heterocycles. The van der Waals surface area contributed by atoms with Gasteiger partial charge in [0.1, 0.15) is 12.4 Å². The molecule has 0 aliphatic carbocycles. The molecule has 1 amide bonds. The SMILES string of the molecule is CCC(NC(=O)CN(c1ccc(F)c(Cl)c1)S(C)(=O)=O)c1ccccc1. The van der Waals surface area contributed by atoms with Gasteiger partial charge in [-0.1, -0.05) is 48.9 Å². The molecule has 0 spiro atoms. The van der Waals surface area contributed by atoms with Gasteiger partial charge in [-0.05, 0) is 30.2 Å². The van der Waals surface area contributed by atoms with Gasteiger partial charge in [-0.15, -0.1) is 0 Å². The monoisotopic (exact) mass is 398 g/mol. The maximum absolute atomic E-state index is 13.3. The van der Waals surface area contributed by atoms with Crippen molar-refractivity contribution in [2.75, 3.05) is 17.1 Å². The van der Waals surface area contributed by atoms with Crippen LogP contribution in [0.3, 0.4) is 0 Å². The Kier molecular flexibility index (Phi) is 6.61. The molecule has 0 bridgehead atoms. The third kappa shape index (κ3) is 5.19. The molecule has 140 valence electrons. The van der Waals surface area contributed by atoms with E-state index in [1.54, 1.807) is 0 Å². The van der Waals surface area contributed by atoms with Gasteiger partial charge in [0, 0.05) is 0 Å². The van der Waals surface area contributed by atoms with Gasteiger partial charge in [-0.25, -0.2) is 12.8 Å². The maximum Gasteiger partial charge on any atom is 0.241 e. The first kappa shape index (κ1) is 20.2. The number of amides is 1. The highest BCUT2D eigenvalue weighted by atomic mass is 35.5. The number of rotatable bonds is 7. The number of benzene rings is 2. The van der Waals surface area contributed by atoms with Crippen molar-refractivity contribution >= 4 is 33.2 Å². The smallest absolute Gasteiger partial charge is 0.241 e. The zero-order chi connectivity index (χ0) is 19.3. The molecule has 2 rings (SSSR count). The van der Waals surface area contributed by atoms with E-state index in [1.165, 1.54) is 12.1 Å². The number of nitrogens with one attached hydrogen (secondary N) is 1. The molecule has 1 unspecified atom stereocenters. The van der Waals surface area contributed by atoms with Crippen LogP contribution in [-0.4, -0.2) is 27.1 Å². The first-order valence-corrected chi connectivity index (χ1v) is 10.2. The van der Waals surface area contributed by atoms with E-state index in [1.807, 2.05) is 37.3 Å². The lowest BCUT2D eigenvalue weighted by Gasteiger charge is -2.24. The number of hydrogen-bond acceptors (Lipinski definition) is 3. The molecule has 1 N–H and O–H groups in total. The third-order valence-electron chi connectivity index (χ3n) is 3.82. The average Bonchev–Trinajstić information content (AvgIpc) is 2.60. The summed E-state index contributed by atoms with van der Waals surface area (Å²) in [5.41, 5.74) is 1.06. The van der Waals surface area contributed by atoms with Crippen LogP contribution in [0.15, 0.2) is 48.5 Å². The summed E-state index contributed by atoms with van der Waals surface area (Å²) < 4.78 is 38.4. The highest BCUT2D eigenvalue weighted by Crippen LogP contribution is 2.24. The Morgan fingerprint density at radius 1 is 1.23 bits per heavy atom. The van der Waals surface area contributed by atoms with Crippen LogP contribution in [-0.2, 0) is 14.8 Å². The molecule has 2 aromatic rings. The zero-order valence-corrected chi connectivity index (χ0v) is 16.0. The Morgan fingerprint density at radius 2 is 1.88 bits per heavy atom. The Morgan fingerprint density at radius 3 is 2.42 bits per heavy atom. The molecular weight excluding hydrogens is 379 g/mol. The standard InChI is InChI=1S/C18H20ClFN2O3S/c1-3-17(13-7-5-4-6-8-13)21-18(23)12-22(26(2,24)25)14-9-10-16(20)15(19)11-14/h4-11,17H,3,12H2,1-2H3,(H,21,23). The first-order valence-electron chi connectivity index (χ1n) is 7.99. The van der Waals surface area contributed by atoms with Crippen molar-refractivity contribution in [3.05, 3.63) is 64.9 Å². The first-order chi connectivity index (χ1) is 12.2. The topological polar surface area (TPSA) is 66.5 Å². The zero-order valence-electron chi connectivity index (χ0n) is 14.4. The van der Waals surface area contributed by atoms with E-state index in [0.717, 1.165) is 22.2 Å². The summed E-state index contributed by atoms with van der Waals surface area (Å²) in [5.74, 6) is -1.13. The molecule has 8 heteroatoms. The van der Waals surface area contributed by atoms with E-state index in [0.29, 0.717) is 6.42 Å². The van der Waals surface area contributed by atoms with Crippen molar-refractivity contribution in [2.24, 2.45) is 0 Å². The van der Waals surface area contributed by atoms with Crippen LogP contribution < -0.4 is 9.62 Å². The average molecular weight is 399 g/mol. The normalized spacial score (nSPS) is 12.5. The summed E-state index contributed by atoms with van der Waals surface area (Å²) >= 11 is 5.73. The molecule has 2 aromatic carbocycles. The Balaban J connectivity index is 2.20. The minimum absolute atomic E-state index is 0.127. The summed E-state index contributed by atoms with van der Waals surface area (Å²) in [6, 6.07) is 12.7. The fourth-order valence-electron chi connectivity index (χ4n) is 2.52. The molecule has 0 fully saturated rings. The van der Waals surface area contributed by atoms with Gasteiger partial charge in [0.2, 0.25) is 15.9 Å². The van der Waals surface area contributed by atoms with Crippen LogP contribution in [0.5, 0.6) is 0 Å². The predicted octanol–water partition coefficient (Wildman–Crippen LogP) is 3.51. The Hall–Kier alpha value is -2.12. The second-order valence-electron chi connectivity index (χ2n) is 5.81. The molecule has 0 saturated carbocycles. The lowest BCUT2D eigenvalue weighted by molar-refractivity contribution is -0.120. The van der Waals surface area contributed by atoms with Crippen LogP contribution in [0, 0.1) is 5.82 Å². The second kappa shape index (κ2) is 8.51. The largest absolute Gasteiger partial charge is 0.348 e. The molecule has 0 radical (unpaired) electrons. The van der Waals surface area contributed by atoms with Gasteiger partial charge in [-0.2, -0.15) is 0 Å². The highest BCUT2D eigenvalue weighted by Gasteiger charge is 2.23. The number of carbonyl (C=O) groups is 1.